The first-order valence-electron chi connectivity index (χ1n) is 7.08. The number of sulfone groups is 1. The summed E-state index contributed by atoms with van der Waals surface area (Å²) in [5.41, 5.74) is -0.865. The molecule has 0 aliphatic carbocycles. The van der Waals surface area contributed by atoms with Crippen LogP contribution in [0.25, 0.3) is 0 Å². The third kappa shape index (κ3) is 4.89. The van der Waals surface area contributed by atoms with Crippen molar-refractivity contribution in [3.8, 4) is 0 Å². The highest BCUT2D eigenvalue weighted by molar-refractivity contribution is 8.45. The summed E-state index contributed by atoms with van der Waals surface area (Å²) in [6.07, 6.45) is 0.777. The minimum Gasteiger partial charge on any atom is -0.478 e. The van der Waals surface area contributed by atoms with Crippen LogP contribution < -0.4 is 5.32 Å². The molecule has 0 atom stereocenters. The van der Waals surface area contributed by atoms with E-state index in [1.165, 1.54) is 6.92 Å². The number of carboxylic acids is 1. The maximum Gasteiger partial charge on any atom is 0.335 e. The normalized spacial score (nSPS) is 14.9. The van der Waals surface area contributed by atoms with Crippen LogP contribution in [0.2, 0.25) is 0 Å². The highest BCUT2D eigenvalue weighted by Gasteiger charge is 2.65. The zero-order valence-electron chi connectivity index (χ0n) is 13.8. The lowest BCUT2D eigenvalue weighted by Crippen LogP contribution is -2.09. The molecule has 0 fully saturated rings. The van der Waals surface area contributed by atoms with Crippen LogP contribution in [0.3, 0.4) is 0 Å². The number of nitrogens with one attached hydrogen (secondary N) is 1. The fourth-order valence-corrected chi connectivity index (χ4v) is 3.82. The molecular weight excluding hydrogens is 417 g/mol. The van der Waals surface area contributed by atoms with E-state index >= 15 is 0 Å². The van der Waals surface area contributed by atoms with Crippen LogP contribution in [0.15, 0.2) is 46.2 Å². The van der Waals surface area contributed by atoms with Crippen molar-refractivity contribution in [2.24, 2.45) is 0 Å². The number of halogens is 5. The highest BCUT2D eigenvalue weighted by atomic mass is 32.5. The maximum atomic E-state index is 13.0. The topological polar surface area (TPSA) is 83.5 Å². The monoisotopic (exact) mass is 431 g/mol. The van der Waals surface area contributed by atoms with Gasteiger partial charge in [-0.15, -0.1) is 0 Å². The van der Waals surface area contributed by atoms with E-state index in [2.05, 4.69) is 5.32 Å². The number of carbonyl (C=O) groups is 1. The summed E-state index contributed by atoms with van der Waals surface area (Å²) >= 11 is 0. The van der Waals surface area contributed by atoms with Gasteiger partial charge in [0, 0.05) is 11.9 Å². The Labute approximate surface area is 151 Å². The lowest BCUT2D eigenvalue weighted by Gasteiger charge is -2.40. The van der Waals surface area contributed by atoms with Gasteiger partial charge in [0.15, 0.2) is 9.84 Å². The van der Waals surface area contributed by atoms with Gasteiger partial charge in [-0.05, 0) is 42.8 Å². The molecule has 2 N–H and O–H groups in total. The Balaban J connectivity index is 2.63. The standard InChI is InChI=1S/C15H14F5NO4S2/c1-9-6-13(14(26(2,24)25)8-12(9)15(22)23)21-10-4-3-5-11(7-10)27(16,17,18,19)20/h3-8,21H,1-2H3,(H,22,23). The van der Waals surface area contributed by atoms with E-state index in [4.69, 9.17) is 5.11 Å². The van der Waals surface area contributed by atoms with Crippen LogP contribution in [-0.4, -0.2) is 25.7 Å². The Kier molecular flexibility index (Phi) is 4.33. The largest absolute Gasteiger partial charge is 0.478 e. The molecular formula is C15H14F5NO4S2. The third-order valence-corrected chi connectivity index (χ3v) is 5.80. The maximum absolute atomic E-state index is 13.0. The molecule has 2 aromatic carbocycles. The Bertz CT molecular complexity index is 1050. The minimum absolute atomic E-state index is 0.126. The average molecular weight is 431 g/mol. The van der Waals surface area contributed by atoms with E-state index < -0.39 is 41.5 Å². The van der Waals surface area contributed by atoms with Crippen LogP contribution in [0, 0.1) is 6.92 Å². The summed E-state index contributed by atoms with van der Waals surface area (Å²) in [5, 5.41) is 11.4. The van der Waals surface area contributed by atoms with Crippen LogP contribution in [-0.2, 0) is 9.84 Å². The third-order valence-electron chi connectivity index (χ3n) is 3.51. The molecule has 0 amide bonds. The molecule has 0 aliphatic rings. The predicted molar refractivity (Wildman–Crippen MR) is 92.4 cm³/mol. The number of aromatic carboxylic acids is 1. The zero-order valence-corrected chi connectivity index (χ0v) is 15.5. The molecule has 0 aliphatic heterocycles. The number of hydrogen-bond donors (Lipinski definition) is 2. The van der Waals surface area contributed by atoms with Crippen molar-refractivity contribution in [1.29, 1.82) is 0 Å². The summed E-state index contributed by atoms with van der Waals surface area (Å²) in [6.45, 7) is 1.35. The summed E-state index contributed by atoms with van der Waals surface area (Å²) < 4.78 is 88.6. The number of aryl methyl sites for hydroxylation is 1. The van der Waals surface area contributed by atoms with E-state index in [1.807, 2.05) is 0 Å². The first kappa shape index (κ1) is 21.0. The van der Waals surface area contributed by atoms with Gasteiger partial charge in [0.2, 0.25) is 0 Å². The van der Waals surface area contributed by atoms with Crippen molar-refractivity contribution in [2.45, 2.75) is 16.7 Å². The van der Waals surface area contributed by atoms with Crippen molar-refractivity contribution >= 4 is 37.4 Å². The fourth-order valence-electron chi connectivity index (χ4n) is 2.29. The molecule has 2 aromatic rings. The first-order valence-corrected chi connectivity index (χ1v) is 10.9. The molecule has 2 rings (SSSR count). The Morgan fingerprint density at radius 1 is 1.07 bits per heavy atom. The van der Waals surface area contributed by atoms with Crippen LogP contribution >= 0.6 is 10.2 Å². The van der Waals surface area contributed by atoms with Gasteiger partial charge in [-0.3, -0.25) is 0 Å². The second-order valence-electron chi connectivity index (χ2n) is 5.86. The van der Waals surface area contributed by atoms with Gasteiger partial charge < -0.3 is 10.4 Å². The zero-order chi connectivity index (χ0) is 20.9. The Hall–Kier alpha value is -2.34. The molecule has 0 spiro atoms. The van der Waals surface area contributed by atoms with E-state index in [0.717, 1.165) is 30.5 Å². The lowest BCUT2D eigenvalue weighted by molar-refractivity contribution is 0.0695. The molecule has 0 saturated carbocycles. The quantitative estimate of drug-likeness (QED) is 0.611. The Morgan fingerprint density at radius 3 is 2.15 bits per heavy atom. The van der Waals surface area contributed by atoms with Gasteiger partial charge in [-0.2, -0.15) is 0 Å². The van der Waals surface area contributed by atoms with Crippen LogP contribution in [0.4, 0.5) is 30.8 Å². The van der Waals surface area contributed by atoms with Crippen molar-refractivity contribution in [3.05, 3.63) is 47.5 Å². The van der Waals surface area contributed by atoms with Gasteiger partial charge in [-0.25, -0.2) is 13.2 Å². The molecule has 0 bridgehead atoms. The number of anilines is 2. The van der Waals surface area contributed by atoms with Gasteiger partial charge in [0.1, 0.15) is 4.90 Å². The molecule has 27 heavy (non-hydrogen) atoms. The summed E-state index contributed by atoms with van der Waals surface area (Å²) in [7, 11) is -13.9. The summed E-state index contributed by atoms with van der Waals surface area (Å²) in [6, 6.07) is 4.11. The molecule has 5 nitrogen and oxygen atoms in total. The van der Waals surface area contributed by atoms with Crippen LogP contribution in [0.1, 0.15) is 15.9 Å². The molecule has 0 heterocycles. The van der Waals surface area contributed by atoms with Crippen molar-refractivity contribution < 1.29 is 37.7 Å². The Morgan fingerprint density at radius 2 is 1.67 bits per heavy atom. The SMILES string of the molecule is Cc1cc(Nc2cccc(S(F)(F)(F)(F)F)c2)c(S(C)(=O)=O)cc1C(=O)O. The lowest BCUT2D eigenvalue weighted by atomic mass is 10.1. The average Bonchev–Trinajstić information content (AvgIpc) is 2.43. The van der Waals surface area contributed by atoms with Gasteiger partial charge >= 0.3 is 16.2 Å². The van der Waals surface area contributed by atoms with Crippen molar-refractivity contribution in [3.63, 3.8) is 0 Å². The van der Waals surface area contributed by atoms with E-state index in [-0.39, 0.29) is 28.9 Å². The van der Waals surface area contributed by atoms with Crippen LogP contribution in [0.5, 0.6) is 0 Å². The highest BCUT2D eigenvalue weighted by Crippen LogP contribution is 3.02. The van der Waals surface area contributed by atoms with E-state index in [0.29, 0.717) is 0 Å². The minimum atomic E-state index is -9.92. The first-order chi connectivity index (χ1) is 11.9. The van der Waals surface area contributed by atoms with E-state index in [9.17, 15) is 32.6 Å². The molecule has 0 saturated heterocycles. The molecule has 12 heteroatoms. The van der Waals surface area contributed by atoms with Crippen molar-refractivity contribution in [1.82, 2.24) is 0 Å². The fraction of sp³-hybridized carbons (Fsp3) is 0.133. The molecule has 0 radical (unpaired) electrons. The molecule has 0 aromatic heterocycles. The molecule has 0 unspecified atom stereocenters. The van der Waals surface area contributed by atoms with Gasteiger partial charge in [-0.1, -0.05) is 25.5 Å². The van der Waals surface area contributed by atoms with Gasteiger partial charge in [0.25, 0.3) is 0 Å². The number of benzene rings is 2. The molecule has 150 valence electrons. The number of rotatable bonds is 5. The number of carboxylic acid groups (broad SMARTS) is 1. The second-order valence-corrected chi connectivity index (χ2v) is 10.3. The predicted octanol–water partition coefficient (Wildman–Crippen LogP) is 5.50. The summed E-state index contributed by atoms with van der Waals surface area (Å²) in [4.78, 5) is 8.54. The van der Waals surface area contributed by atoms with Crippen molar-refractivity contribution in [2.75, 3.05) is 11.6 Å². The van der Waals surface area contributed by atoms with Gasteiger partial charge in [0.05, 0.1) is 16.1 Å². The second kappa shape index (κ2) is 5.58. The number of hydrogen-bond acceptors (Lipinski definition) is 4. The summed E-state index contributed by atoms with van der Waals surface area (Å²) in [5.74, 6) is -1.40. The smallest absolute Gasteiger partial charge is 0.335 e. The van der Waals surface area contributed by atoms with E-state index in [1.54, 1.807) is 0 Å².